The van der Waals surface area contributed by atoms with Crippen molar-refractivity contribution in [3.63, 3.8) is 0 Å². The van der Waals surface area contributed by atoms with Crippen molar-refractivity contribution in [1.29, 1.82) is 0 Å². The molecule has 0 bridgehead atoms. The number of carbonyl (C=O) groups is 1. The van der Waals surface area contributed by atoms with Gasteiger partial charge in [-0.15, -0.1) is 0 Å². The Bertz CT molecular complexity index is 461. The van der Waals surface area contributed by atoms with Crippen LogP contribution in [0, 0.1) is 0 Å². The molecule has 0 saturated heterocycles. The third kappa shape index (κ3) is 3.99. The van der Waals surface area contributed by atoms with Gasteiger partial charge in [0.05, 0.1) is 17.8 Å². The quantitative estimate of drug-likeness (QED) is 0.788. The summed E-state index contributed by atoms with van der Waals surface area (Å²) in [6, 6.07) is 0. The molecule has 1 aromatic rings. The SMILES string of the molecule is COCCNC(=O)Cn1ncc(Cl)c(Cl)c1=O. The van der Waals surface area contributed by atoms with Crippen LogP contribution in [0.25, 0.3) is 0 Å². The van der Waals surface area contributed by atoms with E-state index in [1.54, 1.807) is 0 Å². The van der Waals surface area contributed by atoms with Crippen LogP contribution in [0.3, 0.4) is 0 Å². The first-order valence-electron chi connectivity index (χ1n) is 4.73. The van der Waals surface area contributed by atoms with Crippen molar-refractivity contribution in [2.45, 2.75) is 6.54 Å². The number of nitrogens with zero attached hydrogens (tertiary/aromatic N) is 2. The van der Waals surface area contributed by atoms with Crippen LogP contribution in [0.2, 0.25) is 10.0 Å². The Hall–Kier alpha value is -1.11. The van der Waals surface area contributed by atoms with Crippen molar-refractivity contribution in [2.24, 2.45) is 0 Å². The summed E-state index contributed by atoms with van der Waals surface area (Å²) in [6.07, 6.45) is 1.22. The van der Waals surface area contributed by atoms with Gasteiger partial charge in [-0.1, -0.05) is 23.2 Å². The fraction of sp³-hybridized carbons (Fsp3) is 0.444. The molecule has 8 heteroatoms. The minimum atomic E-state index is -0.596. The molecule has 0 spiro atoms. The second-order valence-corrected chi connectivity index (χ2v) is 3.90. The maximum absolute atomic E-state index is 11.5. The van der Waals surface area contributed by atoms with Crippen molar-refractivity contribution >= 4 is 29.1 Å². The van der Waals surface area contributed by atoms with Crippen LogP contribution < -0.4 is 10.9 Å². The summed E-state index contributed by atoms with van der Waals surface area (Å²) >= 11 is 11.2. The Balaban J connectivity index is 2.66. The maximum Gasteiger partial charge on any atom is 0.287 e. The normalized spacial score (nSPS) is 10.3. The van der Waals surface area contributed by atoms with Crippen LogP contribution in [-0.4, -0.2) is 35.9 Å². The standard InChI is InChI=1S/C9H11Cl2N3O3/c1-17-3-2-12-7(15)5-14-9(16)8(11)6(10)4-13-14/h4H,2-3,5H2,1H3,(H,12,15). The number of nitrogens with one attached hydrogen (secondary N) is 1. The molecule has 1 amide bonds. The predicted octanol–water partition coefficient (Wildman–Crippen LogP) is 0.313. The molecule has 0 unspecified atom stereocenters. The second-order valence-electron chi connectivity index (χ2n) is 3.11. The topological polar surface area (TPSA) is 73.2 Å². The number of ether oxygens (including phenoxy) is 1. The molecule has 1 heterocycles. The summed E-state index contributed by atoms with van der Waals surface area (Å²) in [5.74, 6) is -0.352. The van der Waals surface area contributed by atoms with Crippen LogP contribution in [0.1, 0.15) is 0 Å². The maximum atomic E-state index is 11.5. The van der Waals surface area contributed by atoms with Crippen LogP contribution in [0.15, 0.2) is 11.0 Å². The molecule has 1 aromatic heterocycles. The lowest BCUT2D eigenvalue weighted by atomic mass is 10.5. The highest BCUT2D eigenvalue weighted by Crippen LogP contribution is 2.14. The molecule has 17 heavy (non-hydrogen) atoms. The average Bonchev–Trinajstić information content (AvgIpc) is 2.30. The van der Waals surface area contributed by atoms with E-state index in [9.17, 15) is 9.59 Å². The monoisotopic (exact) mass is 279 g/mol. The zero-order chi connectivity index (χ0) is 12.8. The largest absolute Gasteiger partial charge is 0.383 e. The summed E-state index contributed by atoms with van der Waals surface area (Å²) in [5, 5.41) is 6.17. The number of hydrogen-bond acceptors (Lipinski definition) is 4. The molecule has 1 rings (SSSR count). The third-order valence-electron chi connectivity index (χ3n) is 1.86. The smallest absolute Gasteiger partial charge is 0.287 e. The van der Waals surface area contributed by atoms with Crippen LogP contribution in [-0.2, 0) is 16.1 Å². The molecule has 0 aliphatic heterocycles. The first-order chi connectivity index (χ1) is 8.06. The van der Waals surface area contributed by atoms with Crippen molar-refractivity contribution < 1.29 is 9.53 Å². The first-order valence-corrected chi connectivity index (χ1v) is 5.48. The average molecular weight is 280 g/mol. The molecular weight excluding hydrogens is 269 g/mol. The number of hydrogen-bond donors (Lipinski definition) is 1. The summed E-state index contributed by atoms with van der Waals surface area (Å²) in [7, 11) is 1.52. The summed E-state index contributed by atoms with van der Waals surface area (Å²) in [4.78, 5) is 22.9. The molecule has 0 saturated carbocycles. The highest BCUT2D eigenvalue weighted by atomic mass is 35.5. The molecule has 94 valence electrons. The van der Waals surface area contributed by atoms with E-state index in [-0.39, 0.29) is 22.5 Å². The Morgan fingerprint density at radius 1 is 1.59 bits per heavy atom. The molecule has 0 radical (unpaired) electrons. The van der Waals surface area contributed by atoms with E-state index in [2.05, 4.69) is 10.4 Å². The van der Waals surface area contributed by atoms with E-state index in [1.807, 2.05) is 0 Å². The van der Waals surface area contributed by atoms with Crippen molar-refractivity contribution in [3.05, 3.63) is 26.6 Å². The molecular formula is C9H11Cl2N3O3. The molecule has 0 aliphatic rings. The highest BCUT2D eigenvalue weighted by Gasteiger charge is 2.10. The summed E-state index contributed by atoms with van der Waals surface area (Å²) in [6.45, 7) is 0.556. The molecule has 1 N–H and O–H groups in total. The summed E-state index contributed by atoms with van der Waals surface area (Å²) < 4.78 is 5.70. The van der Waals surface area contributed by atoms with Gasteiger partial charge in [0.1, 0.15) is 11.6 Å². The molecule has 6 nitrogen and oxygen atoms in total. The van der Waals surface area contributed by atoms with Crippen LogP contribution >= 0.6 is 23.2 Å². The number of amides is 1. The lowest BCUT2D eigenvalue weighted by molar-refractivity contribution is -0.122. The zero-order valence-corrected chi connectivity index (χ0v) is 10.6. The fourth-order valence-corrected chi connectivity index (χ4v) is 1.31. The van der Waals surface area contributed by atoms with Gasteiger partial charge in [0.15, 0.2) is 0 Å². The Labute approximate surface area is 107 Å². The van der Waals surface area contributed by atoms with Crippen molar-refractivity contribution in [2.75, 3.05) is 20.3 Å². The van der Waals surface area contributed by atoms with Gasteiger partial charge in [-0.3, -0.25) is 9.59 Å². The zero-order valence-electron chi connectivity index (χ0n) is 9.07. The number of carbonyl (C=O) groups excluding carboxylic acids is 1. The van der Waals surface area contributed by atoms with Gasteiger partial charge in [-0.2, -0.15) is 5.10 Å². The number of aromatic nitrogens is 2. The molecule has 0 atom stereocenters. The minimum Gasteiger partial charge on any atom is -0.383 e. The molecule has 0 aliphatic carbocycles. The van der Waals surface area contributed by atoms with E-state index < -0.39 is 5.56 Å². The van der Waals surface area contributed by atoms with E-state index in [0.29, 0.717) is 13.2 Å². The molecule has 0 aromatic carbocycles. The number of halogens is 2. The third-order valence-corrected chi connectivity index (χ3v) is 2.61. The Morgan fingerprint density at radius 3 is 2.94 bits per heavy atom. The van der Waals surface area contributed by atoms with E-state index in [1.165, 1.54) is 13.3 Å². The van der Waals surface area contributed by atoms with Gasteiger partial charge in [0.2, 0.25) is 5.91 Å². The van der Waals surface area contributed by atoms with Gasteiger partial charge in [0, 0.05) is 13.7 Å². The highest BCUT2D eigenvalue weighted by molar-refractivity contribution is 6.41. The lowest BCUT2D eigenvalue weighted by Crippen LogP contribution is -2.35. The van der Waals surface area contributed by atoms with E-state index in [0.717, 1.165) is 4.68 Å². The van der Waals surface area contributed by atoms with Gasteiger partial charge in [-0.25, -0.2) is 4.68 Å². The van der Waals surface area contributed by atoms with Crippen LogP contribution in [0.4, 0.5) is 0 Å². The fourth-order valence-electron chi connectivity index (χ4n) is 1.04. The van der Waals surface area contributed by atoms with Gasteiger partial charge in [0.25, 0.3) is 5.56 Å². The van der Waals surface area contributed by atoms with E-state index >= 15 is 0 Å². The first kappa shape index (κ1) is 14.0. The Kier molecular flexibility index (Phi) is 5.40. The summed E-state index contributed by atoms with van der Waals surface area (Å²) in [5.41, 5.74) is -0.596. The van der Waals surface area contributed by atoms with Gasteiger partial charge >= 0.3 is 0 Å². The van der Waals surface area contributed by atoms with Gasteiger partial charge < -0.3 is 10.1 Å². The molecule has 0 fully saturated rings. The Morgan fingerprint density at radius 2 is 2.29 bits per heavy atom. The minimum absolute atomic E-state index is 0.0627. The lowest BCUT2D eigenvalue weighted by Gasteiger charge is -2.06. The van der Waals surface area contributed by atoms with Crippen LogP contribution in [0.5, 0.6) is 0 Å². The van der Waals surface area contributed by atoms with E-state index in [4.69, 9.17) is 27.9 Å². The van der Waals surface area contributed by atoms with Gasteiger partial charge in [-0.05, 0) is 0 Å². The predicted molar refractivity (Wildman–Crippen MR) is 63.4 cm³/mol. The number of rotatable bonds is 5. The number of methoxy groups -OCH3 is 1. The van der Waals surface area contributed by atoms with Crippen molar-refractivity contribution in [3.8, 4) is 0 Å². The van der Waals surface area contributed by atoms with Crippen molar-refractivity contribution in [1.82, 2.24) is 15.1 Å². The second kappa shape index (κ2) is 6.58.